The number of hydrogen-bond donors (Lipinski definition) is 0. The molecule has 8 aromatic carbocycles. The molecule has 0 aliphatic carbocycles. The van der Waals surface area contributed by atoms with E-state index in [0.29, 0.717) is 31.7 Å². The highest BCUT2D eigenvalue weighted by atomic mass is 32.2. The van der Waals surface area contributed by atoms with Gasteiger partial charge in [0.15, 0.2) is 0 Å². The minimum absolute atomic E-state index is 0.333. The van der Waals surface area contributed by atoms with Crippen molar-refractivity contribution in [2.45, 2.75) is 9.79 Å². The maximum Gasteiger partial charge on any atom is 0.209 e. The zero-order chi connectivity index (χ0) is 29.0. The Morgan fingerprint density at radius 3 is 1.12 bits per heavy atom. The highest BCUT2D eigenvalue weighted by molar-refractivity contribution is 7.92. The van der Waals surface area contributed by atoms with Crippen LogP contribution < -0.4 is 0 Å². The van der Waals surface area contributed by atoms with Gasteiger partial charge in [0.2, 0.25) is 9.84 Å². The predicted octanol–water partition coefficient (Wildman–Crippen LogP) is 10.5. The van der Waals surface area contributed by atoms with Crippen LogP contribution >= 0.6 is 0 Å². The van der Waals surface area contributed by atoms with Gasteiger partial charge < -0.3 is 0 Å². The summed E-state index contributed by atoms with van der Waals surface area (Å²) >= 11 is 0. The van der Waals surface area contributed by atoms with Crippen LogP contribution in [0.2, 0.25) is 0 Å². The van der Waals surface area contributed by atoms with Gasteiger partial charge >= 0.3 is 0 Å². The minimum Gasteiger partial charge on any atom is -0.218 e. The van der Waals surface area contributed by atoms with Gasteiger partial charge in [0.05, 0.1) is 9.79 Å². The first-order valence-corrected chi connectivity index (χ1v) is 15.8. The third-order valence-corrected chi connectivity index (χ3v) is 10.4. The summed E-state index contributed by atoms with van der Waals surface area (Å²) in [6.45, 7) is 0. The van der Waals surface area contributed by atoms with Gasteiger partial charge in [-0.15, -0.1) is 0 Å². The topological polar surface area (TPSA) is 34.1 Å². The molecule has 0 heterocycles. The highest BCUT2D eigenvalue weighted by Crippen LogP contribution is 2.43. The lowest BCUT2D eigenvalue weighted by Crippen LogP contribution is -2.08. The Balaban J connectivity index is 1.47. The van der Waals surface area contributed by atoms with E-state index >= 15 is 8.42 Å². The van der Waals surface area contributed by atoms with E-state index in [4.69, 9.17) is 0 Å². The second-order valence-corrected chi connectivity index (χ2v) is 12.8. The van der Waals surface area contributed by atoms with E-state index in [2.05, 4.69) is 48.5 Å². The lowest BCUT2D eigenvalue weighted by atomic mass is 9.98. The molecule has 3 heteroatoms. The van der Waals surface area contributed by atoms with Crippen molar-refractivity contribution in [3.63, 3.8) is 0 Å². The Labute approximate surface area is 250 Å². The van der Waals surface area contributed by atoms with E-state index in [9.17, 15) is 0 Å². The SMILES string of the molecule is O=S(=O)(c1c(-c2ccc3ccccc3c2)ccc2ccccc12)c1c(-c2ccc3ccccc3c2)ccc2ccccc12. The van der Waals surface area contributed by atoms with E-state index in [1.54, 1.807) is 0 Å². The molecule has 0 atom stereocenters. The molecule has 0 saturated heterocycles. The van der Waals surface area contributed by atoms with Crippen LogP contribution in [0.4, 0.5) is 0 Å². The average Bonchev–Trinajstić information content (AvgIpc) is 3.06. The summed E-state index contributed by atoms with van der Waals surface area (Å²) in [5, 5.41) is 7.57. The van der Waals surface area contributed by atoms with Crippen molar-refractivity contribution in [1.82, 2.24) is 0 Å². The Kier molecular flexibility index (Phi) is 5.88. The molecule has 43 heavy (non-hydrogen) atoms. The van der Waals surface area contributed by atoms with E-state index < -0.39 is 9.84 Å². The second kappa shape index (κ2) is 9.94. The van der Waals surface area contributed by atoms with Gasteiger partial charge in [-0.3, -0.25) is 0 Å². The molecule has 0 unspecified atom stereocenters. The van der Waals surface area contributed by atoms with Crippen molar-refractivity contribution < 1.29 is 8.42 Å². The molecule has 0 amide bonds. The third kappa shape index (κ3) is 4.20. The van der Waals surface area contributed by atoms with Crippen molar-refractivity contribution in [2.24, 2.45) is 0 Å². The number of fused-ring (bicyclic) bond motifs is 4. The molecule has 8 aromatic rings. The molecule has 0 N–H and O–H groups in total. The Bertz CT molecular complexity index is 2310. The largest absolute Gasteiger partial charge is 0.218 e. The Hall–Kier alpha value is -5.25. The zero-order valence-electron chi connectivity index (χ0n) is 23.2. The quantitative estimate of drug-likeness (QED) is 0.211. The predicted molar refractivity (Wildman–Crippen MR) is 179 cm³/mol. The van der Waals surface area contributed by atoms with E-state index in [1.165, 1.54) is 0 Å². The molecule has 0 aliphatic rings. The molecule has 0 aliphatic heterocycles. The van der Waals surface area contributed by atoms with Crippen molar-refractivity contribution in [3.05, 3.63) is 158 Å². The smallest absolute Gasteiger partial charge is 0.209 e. The summed E-state index contributed by atoms with van der Waals surface area (Å²) in [7, 11) is -4.06. The van der Waals surface area contributed by atoms with Crippen LogP contribution in [0.1, 0.15) is 0 Å². The van der Waals surface area contributed by atoms with Crippen LogP contribution in [-0.4, -0.2) is 8.42 Å². The lowest BCUT2D eigenvalue weighted by Gasteiger charge is -2.19. The number of hydrogen-bond acceptors (Lipinski definition) is 2. The van der Waals surface area contributed by atoms with Crippen LogP contribution in [0.15, 0.2) is 168 Å². The summed E-state index contributed by atoms with van der Waals surface area (Å²) in [5.41, 5.74) is 3.13. The third-order valence-electron chi connectivity index (χ3n) is 8.42. The summed E-state index contributed by atoms with van der Waals surface area (Å²) in [6, 6.07) is 52.2. The van der Waals surface area contributed by atoms with Gasteiger partial charge in [0, 0.05) is 21.9 Å². The summed E-state index contributed by atoms with van der Waals surface area (Å²) < 4.78 is 30.8. The van der Waals surface area contributed by atoms with Gasteiger partial charge in [-0.25, -0.2) is 8.42 Å². The van der Waals surface area contributed by atoms with Crippen molar-refractivity contribution in [3.8, 4) is 22.3 Å². The first-order chi connectivity index (χ1) is 21.1. The number of rotatable bonds is 4. The fraction of sp³-hybridized carbons (Fsp3) is 0. The normalized spacial score (nSPS) is 11.9. The van der Waals surface area contributed by atoms with Gasteiger partial charge in [-0.1, -0.05) is 146 Å². The van der Waals surface area contributed by atoms with Crippen LogP contribution in [0, 0.1) is 0 Å². The highest BCUT2D eigenvalue weighted by Gasteiger charge is 2.30. The number of benzene rings is 8. The van der Waals surface area contributed by atoms with Crippen molar-refractivity contribution >= 4 is 52.9 Å². The van der Waals surface area contributed by atoms with Gasteiger partial charge in [0.25, 0.3) is 0 Å². The fourth-order valence-corrected chi connectivity index (χ4v) is 8.44. The Morgan fingerprint density at radius 2 is 0.674 bits per heavy atom. The van der Waals surface area contributed by atoms with E-state index in [1.807, 2.05) is 109 Å². The average molecular weight is 571 g/mol. The molecule has 0 saturated carbocycles. The number of sulfone groups is 1. The van der Waals surface area contributed by atoms with Crippen LogP contribution in [0.3, 0.4) is 0 Å². The van der Waals surface area contributed by atoms with Gasteiger partial charge in [0.1, 0.15) is 0 Å². The van der Waals surface area contributed by atoms with Crippen LogP contribution in [0.25, 0.3) is 65.3 Å². The molecule has 0 spiro atoms. The molecule has 0 aromatic heterocycles. The lowest BCUT2D eigenvalue weighted by molar-refractivity contribution is 0.598. The van der Waals surface area contributed by atoms with E-state index in [0.717, 1.165) is 43.4 Å². The maximum atomic E-state index is 15.4. The van der Waals surface area contributed by atoms with Gasteiger partial charge in [-0.2, -0.15) is 0 Å². The van der Waals surface area contributed by atoms with E-state index in [-0.39, 0.29) is 0 Å². The first kappa shape index (κ1) is 25.5. The molecule has 0 radical (unpaired) electrons. The standard InChI is InChI=1S/C40H26O2S/c41-43(42,39-35-15-7-5-11-29(35)21-23-37(39)33-19-17-27-9-1-3-13-31(27)25-33)40-36-16-8-6-12-30(36)22-24-38(40)34-20-18-28-10-2-4-14-32(28)26-34/h1-26H. The van der Waals surface area contributed by atoms with Crippen molar-refractivity contribution in [1.29, 1.82) is 0 Å². The molecule has 8 rings (SSSR count). The van der Waals surface area contributed by atoms with Crippen molar-refractivity contribution in [2.75, 3.05) is 0 Å². The second-order valence-electron chi connectivity index (χ2n) is 11.0. The van der Waals surface area contributed by atoms with Gasteiger partial charge in [-0.05, 0) is 55.6 Å². The molecule has 2 nitrogen and oxygen atoms in total. The molecular weight excluding hydrogens is 545 g/mol. The monoisotopic (exact) mass is 570 g/mol. The maximum absolute atomic E-state index is 15.4. The summed E-state index contributed by atoms with van der Waals surface area (Å²) in [5.74, 6) is 0. The van der Waals surface area contributed by atoms with Crippen LogP contribution in [-0.2, 0) is 9.84 Å². The molecule has 0 fully saturated rings. The Morgan fingerprint density at radius 1 is 0.326 bits per heavy atom. The fourth-order valence-electron chi connectivity index (χ4n) is 6.34. The molecular formula is C40H26O2S. The summed E-state index contributed by atoms with van der Waals surface area (Å²) in [6.07, 6.45) is 0. The zero-order valence-corrected chi connectivity index (χ0v) is 24.1. The minimum atomic E-state index is -4.06. The molecule has 0 bridgehead atoms. The van der Waals surface area contributed by atoms with Crippen LogP contribution in [0.5, 0.6) is 0 Å². The first-order valence-electron chi connectivity index (χ1n) is 14.3. The summed E-state index contributed by atoms with van der Waals surface area (Å²) in [4.78, 5) is 0.665. The molecule has 204 valence electrons.